The van der Waals surface area contributed by atoms with Crippen LogP contribution >= 0.6 is 23.5 Å². The lowest BCUT2D eigenvalue weighted by Crippen LogP contribution is -2.42. The number of halogens is 1. The lowest BCUT2D eigenvalue weighted by atomic mass is 10.2. The highest BCUT2D eigenvalue weighted by Gasteiger charge is 2.41. The van der Waals surface area contributed by atoms with Gasteiger partial charge in [-0.2, -0.15) is 0 Å². The van der Waals surface area contributed by atoms with E-state index in [-0.39, 0.29) is 17.2 Å². The van der Waals surface area contributed by atoms with Crippen molar-refractivity contribution in [1.29, 1.82) is 0 Å². The summed E-state index contributed by atoms with van der Waals surface area (Å²) in [5, 5.41) is 19.6. The number of aliphatic carboxylic acids is 1. The Morgan fingerprint density at radius 1 is 1.45 bits per heavy atom. The fourth-order valence-electron chi connectivity index (χ4n) is 2.60. The van der Waals surface area contributed by atoms with Crippen LogP contribution in [0.2, 0.25) is 0 Å². The number of phenols is 1. The number of phenolic OH excluding ortho intramolecular Hbond substituents is 1. The average molecular weight is 342 g/mol. The number of hydrogen-bond acceptors (Lipinski definition) is 6. The van der Waals surface area contributed by atoms with E-state index in [2.05, 4.69) is 4.99 Å². The van der Waals surface area contributed by atoms with E-state index >= 15 is 0 Å². The smallest absolute Gasteiger partial charge is 0.321 e. The molecule has 0 amide bonds. The van der Waals surface area contributed by atoms with Crippen molar-refractivity contribution >= 4 is 34.5 Å². The Bertz CT molecular complexity index is 641. The third-order valence-corrected chi connectivity index (χ3v) is 6.43. The van der Waals surface area contributed by atoms with Gasteiger partial charge in [-0.1, -0.05) is 6.07 Å². The zero-order valence-electron chi connectivity index (χ0n) is 11.8. The normalized spacial score (nSPS) is 28.8. The lowest BCUT2D eigenvalue weighted by Gasteiger charge is -2.24. The van der Waals surface area contributed by atoms with Crippen LogP contribution in [0.15, 0.2) is 23.2 Å². The van der Waals surface area contributed by atoms with Crippen molar-refractivity contribution in [3.8, 4) is 5.75 Å². The molecule has 1 saturated heterocycles. The summed E-state index contributed by atoms with van der Waals surface area (Å²) >= 11 is 3.04. The Morgan fingerprint density at radius 2 is 2.23 bits per heavy atom. The van der Waals surface area contributed by atoms with Crippen molar-refractivity contribution in [3.05, 3.63) is 29.6 Å². The highest BCUT2D eigenvalue weighted by atomic mass is 32.2. The van der Waals surface area contributed by atoms with Crippen LogP contribution in [0.5, 0.6) is 5.75 Å². The standard InChI is InChI=1S/C14H15FN2O3S2/c1-17-10(14(19)20)6-22-13(17)9-5-21-12(16-9)7-3-2-4-8(15)11(7)18/h2-4,9-10,13,18H,5-6H2,1H3,(H,19,20)/t9?,10-,13?/m1/s1. The average Bonchev–Trinajstić information content (AvgIpc) is 3.08. The third-order valence-electron chi connectivity index (χ3n) is 3.82. The molecule has 1 aromatic carbocycles. The van der Waals surface area contributed by atoms with Crippen molar-refractivity contribution in [2.45, 2.75) is 17.5 Å². The number of aromatic hydroxyl groups is 1. The van der Waals surface area contributed by atoms with Gasteiger partial charge in [-0.3, -0.25) is 14.7 Å². The molecule has 8 heteroatoms. The second-order valence-electron chi connectivity index (χ2n) is 5.19. The van der Waals surface area contributed by atoms with Crippen molar-refractivity contribution < 1.29 is 19.4 Å². The number of carboxylic acid groups (broad SMARTS) is 1. The summed E-state index contributed by atoms with van der Waals surface area (Å²) in [4.78, 5) is 17.6. The van der Waals surface area contributed by atoms with Crippen LogP contribution in [0.25, 0.3) is 0 Å². The monoisotopic (exact) mass is 342 g/mol. The number of hydrogen-bond donors (Lipinski definition) is 2. The predicted octanol–water partition coefficient (Wildman–Crippen LogP) is 1.85. The molecule has 1 fully saturated rings. The number of para-hydroxylation sites is 1. The van der Waals surface area contributed by atoms with Crippen LogP contribution in [0.3, 0.4) is 0 Å². The summed E-state index contributed by atoms with van der Waals surface area (Å²) in [6.07, 6.45) is 0. The maximum Gasteiger partial charge on any atom is 0.321 e. The van der Waals surface area contributed by atoms with Crippen molar-refractivity contribution in [3.63, 3.8) is 0 Å². The number of benzene rings is 1. The van der Waals surface area contributed by atoms with E-state index in [4.69, 9.17) is 0 Å². The summed E-state index contributed by atoms with van der Waals surface area (Å²) in [6.45, 7) is 0. The maximum absolute atomic E-state index is 13.4. The van der Waals surface area contributed by atoms with Gasteiger partial charge in [0.2, 0.25) is 0 Å². The molecule has 22 heavy (non-hydrogen) atoms. The summed E-state index contributed by atoms with van der Waals surface area (Å²) in [5.74, 6) is -0.643. The first-order chi connectivity index (χ1) is 10.5. The Hall–Kier alpha value is -1.25. The topological polar surface area (TPSA) is 73.1 Å². The largest absolute Gasteiger partial charge is 0.504 e. The van der Waals surface area contributed by atoms with Gasteiger partial charge in [-0.15, -0.1) is 23.5 Å². The molecule has 0 aliphatic carbocycles. The van der Waals surface area contributed by atoms with E-state index in [1.807, 2.05) is 4.90 Å². The van der Waals surface area contributed by atoms with Crippen molar-refractivity contribution in [1.82, 2.24) is 4.90 Å². The maximum atomic E-state index is 13.4. The molecule has 2 heterocycles. The van der Waals surface area contributed by atoms with Gasteiger partial charge in [-0.25, -0.2) is 4.39 Å². The summed E-state index contributed by atoms with van der Waals surface area (Å²) < 4.78 is 13.4. The third kappa shape index (κ3) is 2.70. The zero-order chi connectivity index (χ0) is 15.9. The van der Waals surface area contributed by atoms with E-state index in [1.54, 1.807) is 24.9 Å². The molecule has 2 aliphatic heterocycles. The molecule has 5 nitrogen and oxygen atoms in total. The summed E-state index contributed by atoms with van der Waals surface area (Å²) in [5.41, 5.74) is 0.396. The molecule has 2 aliphatic rings. The number of likely N-dealkylation sites (N-methyl/N-ethyl adjacent to an activating group) is 1. The predicted molar refractivity (Wildman–Crippen MR) is 86.3 cm³/mol. The molecule has 3 rings (SSSR count). The summed E-state index contributed by atoms with van der Waals surface area (Å²) in [6, 6.07) is 3.81. The number of thioether (sulfide) groups is 2. The van der Waals surface area contributed by atoms with Gasteiger partial charge < -0.3 is 10.2 Å². The molecular weight excluding hydrogens is 327 g/mol. The fraction of sp³-hybridized carbons (Fsp3) is 0.429. The minimum absolute atomic E-state index is 0.0122. The number of carboxylic acids is 1. The first-order valence-corrected chi connectivity index (χ1v) is 8.77. The molecule has 2 unspecified atom stereocenters. The Labute approximate surface area is 135 Å². The molecule has 118 valence electrons. The van der Waals surface area contributed by atoms with Gasteiger partial charge in [0.25, 0.3) is 0 Å². The second-order valence-corrected chi connectivity index (χ2v) is 7.35. The van der Waals surface area contributed by atoms with E-state index in [9.17, 15) is 19.4 Å². The number of nitrogens with zero attached hydrogens (tertiary/aromatic N) is 2. The van der Waals surface area contributed by atoms with Crippen LogP contribution in [-0.2, 0) is 4.79 Å². The molecule has 0 bridgehead atoms. The van der Waals surface area contributed by atoms with E-state index < -0.39 is 17.8 Å². The number of aliphatic imine (C=N–C) groups is 1. The molecule has 0 aromatic heterocycles. The van der Waals surface area contributed by atoms with Crippen molar-refractivity contribution in [2.24, 2.45) is 4.99 Å². The van der Waals surface area contributed by atoms with E-state index in [0.29, 0.717) is 22.1 Å². The molecular formula is C14H15FN2O3S2. The molecule has 0 spiro atoms. The fourth-order valence-corrected chi connectivity index (χ4v) is 5.36. The van der Waals surface area contributed by atoms with Gasteiger partial charge in [0.05, 0.1) is 17.0 Å². The summed E-state index contributed by atoms with van der Waals surface area (Å²) in [7, 11) is 1.79. The molecule has 3 atom stereocenters. The van der Waals surface area contributed by atoms with Crippen molar-refractivity contribution in [2.75, 3.05) is 18.6 Å². The zero-order valence-corrected chi connectivity index (χ0v) is 13.4. The SMILES string of the molecule is CN1C(C2CSC(c3cccc(F)c3O)=N2)SC[C@@H]1C(=O)O. The van der Waals surface area contributed by atoms with Gasteiger partial charge >= 0.3 is 5.97 Å². The second kappa shape index (κ2) is 6.10. The van der Waals surface area contributed by atoms with E-state index in [0.717, 1.165) is 0 Å². The van der Waals surface area contributed by atoms with Crippen LogP contribution in [0.4, 0.5) is 4.39 Å². The minimum Gasteiger partial charge on any atom is -0.504 e. The van der Waals surface area contributed by atoms with Gasteiger partial charge in [-0.05, 0) is 19.2 Å². The molecule has 0 radical (unpaired) electrons. The molecule has 1 aromatic rings. The van der Waals surface area contributed by atoms with Crippen LogP contribution < -0.4 is 0 Å². The quantitative estimate of drug-likeness (QED) is 0.873. The lowest BCUT2D eigenvalue weighted by molar-refractivity contribution is -0.141. The minimum atomic E-state index is -0.824. The van der Waals surface area contributed by atoms with Crippen LogP contribution in [0, 0.1) is 5.82 Å². The molecule has 2 N–H and O–H groups in total. The van der Waals surface area contributed by atoms with Gasteiger partial charge in [0.1, 0.15) is 11.1 Å². The van der Waals surface area contributed by atoms with Gasteiger partial charge in [0, 0.05) is 11.5 Å². The van der Waals surface area contributed by atoms with E-state index in [1.165, 1.54) is 23.9 Å². The molecule has 0 saturated carbocycles. The first kappa shape index (κ1) is 15.6. The number of rotatable bonds is 3. The first-order valence-electron chi connectivity index (χ1n) is 6.74. The Morgan fingerprint density at radius 3 is 2.91 bits per heavy atom. The highest BCUT2D eigenvalue weighted by molar-refractivity contribution is 8.14. The Kier molecular flexibility index (Phi) is 4.33. The number of carbonyl (C=O) groups is 1. The van der Waals surface area contributed by atoms with Crippen LogP contribution in [0.1, 0.15) is 5.56 Å². The Balaban J connectivity index is 1.80. The highest BCUT2D eigenvalue weighted by Crippen LogP contribution is 2.37. The van der Waals surface area contributed by atoms with Crippen LogP contribution in [-0.4, -0.2) is 62.1 Å². The van der Waals surface area contributed by atoms with Gasteiger partial charge in [0.15, 0.2) is 11.6 Å².